The molecule has 2 radical (unpaired) electrons. The molecule has 4 atom stereocenters. The van der Waals surface area contributed by atoms with Crippen LogP contribution in [0.1, 0.15) is 84.8 Å². The second kappa shape index (κ2) is 8.71. The van der Waals surface area contributed by atoms with Gasteiger partial charge < -0.3 is 18.9 Å². The van der Waals surface area contributed by atoms with E-state index < -0.39 is 29.4 Å². The van der Waals surface area contributed by atoms with Gasteiger partial charge in [0.25, 0.3) is 0 Å². The molecule has 1 amide bonds. The summed E-state index contributed by atoms with van der Waals surface area (Å²) in [5, 5.41) is 0. The lowest BCUT2D eigenvalue weighted by atomic mass is 9.60. The minimum absolute atomic E-state index is 0.0537. The summed E-state index contributed by atoms with van der Waals surface area (Å²) < 4.78 is 18.6. The molecule has 6 nitrogen and oxygen atoms in total. The standard InChI is InChI=1S/C31H38B2N2O4/c1-28(2,3)37-27(36)35-22-15-13-20(17-22)31(35,32)26-25(19-11-9-8-10-12-19)23-18-21(14-16-24(23)34-26)33-38-29(4,5)30(6,7)39-33/h8-12,14,16,18,20,22,25H,13,15,17H2,1-7H3/t20-,22+,25?,31-/m0/s1. The third-order valence-electron chi connectivity index (χ3n) is 9.33. The van der Waals surface area contributed by atoms with E-state index in [0.29, 0.717) is 0 Å². The molecule has 3 heterocycles. The Morgan fingerprint density at radius 1 is 1.05 bits per heavy atom. The van der Waals surface area contributed by atoms with Gasteiger partial charge in [0.15, 0.2) is 0 Å². The maximum atomic E-state index is 13.6. The summed E-state index contributed by atoms with van der Waals surface area (Å²) in [6.45, 7) is 13.9. The van der Waals surface area contributed by atoms with Gasteiger partial charge in [0.2, 0.25) is 0 Å². The van der Waals surface area contributed by atoms with Crippen LogP contribution < -0.4 is 5.46 Å². The Balaban J connectivity index is 1.43. The summed E-state index contributed by atoms with van der Waals surface area (Å²) in [4.78, 5) is 20.6. The van der Waals surface area contributed by atoms with Crippen molar-refractivity contribution in [2.24, 2.45) is 10.9 Å². The Morgan fingerprint density at radius 3 is 2.36 bits per heavy atom. The zero-order chi connectivity index (χ0) is 28.0. The van der Waals surface area contributed by atoms with E-state index in [4.69, 9.17) is 26.9 Å². The zero-order valence-corrected chi connectivity index (χ0v) is 24.2. The summed E-state index contributed by atoms with van der Waals surface area (Å²) in [6, 6.07) is 16.6. The minimum atomic E-state index is -1.03. The molecule has 4 aliphatic rings. The highest BCUT2D eigenvalue weighted by Crippen LogP contribution is 2.54. The van der Waals surface area contributed by atoms with Crippen molar-refractivity contribution in [2.45, 2.75) is 102 Å². The molecule has 2 aromatic carbocycles. The van der Waals surface area contributed by atoms with Gasteiger partial charge in [0.05, 0.1) is 22.8 Å². The van der Waals surface area contributed by atoms with E-state index in [1.807, 2.05) is 56.0 Å². The van der Waals surface area contributed by atoms with Crippen LogP contribution in [0.25, 0.3) is 0 Å². The number of likely N-dealkylation sites (tertiary alicyclic amines) is 1. The fraction of sp³-hybridized carbons (Fsp3) is 0.548. The zero-order valence-electron chi connectivity index (χ0n) is 24.2. The Bertz CT molecular complexity index is 1320. The summed E-state index contributed by atoms with van der Waals surface area (Å²) in [5.74, 6) is -0.0743. The van der Waals surface area contributed by atoms with Crippen molar-refractivity contribution in [3.8, 4) is 0 Å². The molecule has 2 saturated heterocycles. The van der Waals surface area contributed by atoms with Crippen LogP contribution in [-0.2, 0) is 14.0 Å². The number of rotatable bonds is 3. The number of hydrogen-bond donors (Lipinski definition) is 0. The van der Waals surface area contributed by atoms with E-state index in [1.54, 1.807) is 0 Å². The summed E-state index contributed by atoms with van der Waals surface area (Å²) >= 11 is 0. The Morgan fingerprint density at radius 2 is 1.72 bits per heavy atom. The summed E-state index contributed by atoms with van der Waals surface area (Å²) in [7, 11) is 6.92. The van der Waals surface area contributed by atoms with Crippen LogP contribution >= 0.6 is 0 Å². The van der Waals surface area contributed by atoms with Gasteiger partial charge in [-0.15, -0.1) is 0 Å². The molecule has 202 valence electrons. The Kier molecular flexibility index (Phi) is 5.95. The molecule has 1 aliphatic carbocycles. The van der Waals surface area contributed by atoms with Crippen molar-refractivity contribution in [3.05, 3.63) is 59.7 Å². The first-order valence-electron chi connectivity index (χ1n) is 14.2. The molecule has 6 rings (SSSR count). The normalized spacial score (nSPS) is 30.4. The second-order valence-electron chi connectivity index (χ2n) is 13.6. The van der Waals surface area contributed by atoms with Crippen LogP contribution in [0.3, 0.4) is 0 Å². The van der Waals surface area contributed by atoms with Crippen molar-refractivity contribution >= 4 is 37.9 Å². The molecular weight excluding hydrogens is 486 g/mol. The van der Waals surface area contributed by atoms with Crippen LogP contribution in [0, 0.1) is 5.92 Å². The molecule has 1 unspecified atom stereocenters. The maximum absolute atomic E-state index is 13.6. The second-order valence-corrected chi connectivity index (χ2v) is 13.6. The predicted molar refractivity (Wildman–Crippen MR) is 155 cm³/mol. The van der Waals surface area contributed by atoms with Crippen LogP contribution in [-0.4, -0.2) is 60.0 Å². The van der Waals surface area contributed by atoms with Gasteiger partial charge in [-0.2, -0.15) is 0 Å². The number of ether oxygens (including phenoxy) is 1. The van der Waals surface area contributed by atoms with Gasteiger partial charge in [0.1, 0.15) is 13.4 Å². The van der Waals surface area contributed by atoms with Crippen molar-refractivity contribution < 1.29 is 18.8 Å². The quantitative estimate of drug-likeness (QED) is 0.499. The van der Waals surface area contributed by atoms with Gasteiger partial charge >= 0.3 is 13.2 Å². The van der Waals surface area contributed by atoms with Crippen molar-refractivity contribution in [2.75, 3.05) is 0 Å². The SMILES string of the molecule is [B][C@@]1(C2=Nc3ccc(B4OC(C)(C)C(C)(C)O4)cc3C2c2ccccc2)[C@H]2CC[C@H](C2)N1C(=O)OC(C)(C)C. The molecule has 39 heavy (non-hydrogen) atoms. The molecule has 0 aromatic heterocycles. The number of hydrogen-bond acceptors (Lipinski definition) is 5. The van der Waals surface area contributed by atoms with E-state index in [1.165, 1.54) is 0 Å². The fourth-order valence-corrected chi connectivity index (χ4v) is 6.71. The third kappa shape index (κ3) is 4.17. The molecule has 0 N–H and O–H groups in total. The van der Waals surface area contributed by atoms with Gasteiger partial charge in [-0.3, -0.25) is 4.99 Å². The van der Waals surface area contributed by atoms with E-state index >= 15 is 0 Å². The lowest BCUT2D eigenvalue weighted by Gasteiger charge is -2.46. The first-order chi connectivity index (χ1) is 18.2. The number of benzene rings is 2. The predicted octanol–water partition coefficient (Wildman–Crippen LogP) is 5.49. The Labute approximate surface area is 234 Å². The summed E-state index contributed by atoms with van der Waals surface area (Å²) in [6.07, 6.45) is 2.41. The smallest absolute Gasteiger partial charge is 0.444 e. The van der Waals surface area contributed by atoms with Gasteiger partial charge in [-0.05, 0) is 96.3 Å². The molecule has 2 bridgehead atoms. The van der Waals surface area contributed by atoms with Crippen LogP contribution in [0.4, 0.5) is 10.5 Å². The lowest BCUT2D eigenvalue weighted by molar-refractivity contribution is 0.00578. The summed E-state index contributed by atoms with van der Waals surface area (Å²) in [5.41, 5.74) is 2.27. The number of nitrogens with zero attached hydrogens (tertiary/aromatic N) is 2. The molecule has 3 aliphatic heterocycles. The van der Waals surface area contributed by atoms with Gasteiger partial charge in [-0.25, -0.2) is 4.79 Å². The lowest BCUT2D eigenvalue weighted by Crippen LogP contribution is -2.62. The van der Waals surface area contributed by atoms with Crippen molar-refractivity contribution in [3.63, 3.8) is 0 Å². The van der Waals surface area contributed by atoms with Gasteiger partial charge in [0, 0.05) is 17.2 Å². The van der Waals surface area contributed by atoms with E-state index in [2.05, 4.69) is 45.9 Å². The number of carbonyl (C=O) groups is 1. The molecular formula is C31H38B2N2O4. The molecule has 3 fully saturated rings. The third-order valence-corrected chi connectivity index (χ3v) is 9.33. The van der Waals surface area contributed by atoms with E-state index in [0.717, 1.165) is 47.3 Å². The Hall–Kier alpha value is -2.57. The first kappa shape index (κ1) is 26.6. The number of piperidine rings is 1. The molecule has 0 spiro atoms. The van der Waals surface area contributed by atoms with E-state index in [-0.39, 0.29) is 24.0 Å². The average Bonchev–Trinajstić information content (AvgIpc) is 3.58. The first-order valence-corrected chi connectivity index (χ1v) is 14.2. The largest absolute Gasteiger partial charge is 0.494 e. The molecule has 1 saturated carbocycles. The monoisotopic (exact) mass is 524 g/mol. The molecule has 2 aromatic rings. The minimum Gasteiger partial charge on any atom is -0.444 e. The number of amides is 1. The number of carbonyl (C=O) groups excluding carboxylic acids is 1. The van der Waals surface area contributed by atoms with Crippen LogP contribution in [0.2, 0.25) is 0 Å². The number of aliphatic imine (C=N–C) groups is 1. The average molecular weight is 524 g/mol. The van der Waals surface area contributed by atoms with Crippen LogP contribution in [0.15, 0.2) is 53.5 Å². The van der Waals surface area contributed by atoms with Crippen molar-refractivity contribution in [1.29, 1.82) is 0 Å². The topological polar surface area (TPSA) is 60.4 Å². The van der Waals surface area contributed by atoms with Gasteiger partial charge in [-0.1, -0.05) is 42.5 Å². The highest BCUT2D eigenvalue weighted by atomic mass is 16.7. The molecule has 8 heteroatoms. The number of fused-ring (bicyclic) bond motifs is 3. The van der Waals surface area contributed by atoms with Crippen molar-refractivity contribution in [1.82, 2.24) is 4.90 Å². The highest BCUT2D eigenvalue weighted by Gasteiger charge is 2.61. The fourth-order valence-electron chi connectivity index (χ4n) is 6.71. The van der Waals surface area contributed by atoms with Crippen LogP contribution in [0.5, 0.6) is 0 Å². The maximum Gasteiger partial charge on any atom is 0.494 e. The highest BCUT2D eigenvalue weighted by molar-refractivity contribution is 6.62. The van der Waals surface area contributed by atoms with E-state index in [9.17, 15) is 4.79 Å².